The van der Waals surface area contributed by atoms with Gasteiger partial charge in [-0.2, -0.15) is 0 Å². The van der Waals surface area contributed by atoms with Crippen LogP contribution < -0.4 is 14.8 Å². The fourth-order valence-electron chi connectivity index (χ4n) is 2.49. The number of likely N-dealkylation sites (N-methyl/N-ethyl adjacent to an activating group) is 1. The van der Waals surface area contributed by atoms with E-state index in [9.17, 15) is 14.0 Å². The predicted molar refractivity (Wildman–Crippen MR) is 101 cm³/mol. The van der Waals surface area contributed by atoms with Crippen molar-refractivity contribution in [1.29, 1.82) is 0 Å². The van der Waals surface area contributed by atoms with Crippen molar-refractivity contribution in [2.24, 2.45) is 0 Å². The Labute approximate surface area is 157 Å². The molecular formula is C20H23FN2O4. The van der Waals surface area contributed by atoms with E-state index in [0.29, 0.717) is 23.6 Å². The molecule has 2 aromatic carbocycles. The lowest BCUT2D eigenvalue weighted by molar-refractivity contribution is -0.133. The largest absolute Gasteiger partial charge is 0.497 e. The number of carbonyl (C=O) groups excluding carboxylic acids is 2. The van der Waals surface area contributed by atoms with Crippen LogP contribution >= 0.6 is 0 Å². The quantitative estimate of drug-likeness (QED) is 0.772. The number of carbonyl (C=O) groups is 2. The summed E-state index contributed by atoms with van der Waals surface area (Å²) in [7, 11) is 4.70. The summed E-state index contributed by atoms with van der Waals surface area (Å²) in [6.07, 6.45) is 0.743. The van der Waals surface area contributed by atoms with E-state index in [4.69, 9.17) is 9.47 Å². The van der Waals surface area contributed by atoms with Crippen LogP contribution in [-0.2, 0) is 16.0 Å². The number of methoxy groups -OCH3 is 2. The van der Waals surface area contributed by atoms with Crippen molar-refractivity contribution < 1.29 is 23.5 Å². The average Bonchev–Trinajstić information content (AvgIpc) is 2.67. The van der Waals surface area contributed by atoms with Crippen molar-refractivity contribution in [1.82, 2.24) is 4.90 Å². The van der Waals surface area contributed by atoms with Gasteiger partial charge in [0.25, 0.3) is 0 Å². The zero-order chi connectivity index (χ0) is 19.8. The third kappa shape index (κ3) is 6.29. The second-order valence-corrected chi connectivity index (χ2v) is 6.03. The van der Waals surface area contributed by atoms with Crippen molar-refractivity contribution >= 4 is 17.5 Å². The number of ether oxygens (including phenoxy) is 2. The third-order valence-corrected chi connectivity index (χ3v) is 3.97. The zero-order valence-electron chi connectivity index (χ0n) is 15.6. The number of aryl methyl sites for hydroxylation is 1. The van der Waals surface area contributed by atoms with Gasteiger partial charge in [-0.15, -0.1) is 0 Å². The summed E-state index contributed by atoms with van der Waals surface area (Å²) in [5, 5.41) is 2.63. The van der Waals surface area contributed by atoms with E-state index < -0.39 is 0 Å². The van der Waals surface area contributed by atoms with E-state index in [1.165, 1.54) is 29.2 Å². The molecule has 1 N–H and O–H groups in total. The lowest BCUT2D eigenvalue weighted by Crippen LogP contribution is -2.35. The molecule has 0 saturated heterocycles. The minimum absolute atomic E-state index is 0.0857. The molecule has 0 saturated carbocycles. The lowest BCUT2D eigenvalue weighted by atomic mass is 10.1. The Kier molecular flexibility index (Phi) is 7.16. The number of nitrogens with one attached hydrogen (secondary N) is 1. The van der Waals surface area contributed by atoms with Crippen LogP contribution in [0, 0.1) is 5.82 Å². The Morgan fingerprint density at radius 3 is 2.19 bits per heavy atom. The monoisotopic (exact) mass is 374 g/mol. The van der Waals surface area contributed by atoms with Gasteiger partial charge < -0.3 is 19.7 Å². The van der Waals surface area contributed by atoms with Gasteiger partial charge >= 0.3 is 0 Å². The van der Waals surface area contributed by atoms with Gasteiger partial charge in [-0.3, -0.25) is 9.59 Å². The van der Waals surface area contributed by atoms with E-state index in [1.54, 1.807) is 27.3 Å². The van der Waals surface area contributed by atoms with Crippen LogP contribution in [0.2, 0.25) is 0 Å². The highest BCUT2D eigenvalue weighted by Crippen LogP contribution is 2.23. The minimum atomic E-state index is -0.380. The fraction of sp³-hybridized carbons (Fsp3) is 0.300. The third-order valence-electron chi connectivity index (χ3n) is 3.97. The summed E-state index contributed by atoms with van der Waals surface area (Å²) in [5.74, 6) is 0.425. The van der Waals surface area contributed by atoms with Crippen LogP contribution in [0.4, 0.5) is 10.1 Å². The second kappa shape index (κ2) is 9.56. The highest BCUT2D eigenvalue weighted by atomic mass is 19.1. The van der Waals surface area contributed by atoms with Crippen LogP contribution in [0.25, 0.3) is 0 Å². The van der Waals surface area contributed by atoms with Gasteiger partial charge in [0, 0.05) is 25.2 Å². The Morgan fingerprint density at radius 1 is 1.04 bits per heavy atom. The first-order valence-electron chi connectivity index (χ1n) is 8.42. The summed E-state index contributed by atoms with van der Waals surface area (Å²) >= 11 is 0. The van der Waals surface area contributed by atoms with Crippen LogP contribution in [0.3, 0.4) is 0 Å². The molecule has 0 fully saturated rings. The van der Waals surface area contributed by atoms with Crippen LogP contribution in [0.15, 0.2) is 42.5 Å². The Hall–Kier alpha value is -3.09. The molecular weight excluding hydrogens is 351 g/mol. The van der Waals surface area contributed by atoms with Gasteiger partial charge in [-0.05, 0) is 48.4 Å². The molecule has 0 bridgehead atoms. The number of rotatable bonds is 8. The molecule has 0 heterocycles. The Bertz CT molecular complexity index is 771. The van der Waals surface area contributed by atoms with Gasteiger partial charge in [0.05, 0.1) is 20.8 Å². The van der Waals surface area contributed by atoms with Crippen molar-refractivity contribution in [3.8, 4) is 11.5 Å². The maximum Gasteiger partial charge on any atom is 0.243 e. The molecule has 2 amide bonds. The first-order chi connectivity index (χ1) is 12.9. The number of nitrogens with zero attached hydrogens (tertiary/aromatic N) is 1. The topological polar surface area (TPSA) is 67.9 Å². The molecule has 2 rings (SSSR count). The van der Waals surface area contributed by atoms with Gasteiger partial charge in [0.2, 0.25) is 11.8 Å². The maximum atomic E-state index is 12.9. The van der Waals surface area contributed by atoms with Crippen molar-refractivity contribution in [3.05, 3.63) is 53.8 Å². The average molecular weight is 374 g/mol. The van der Waals surface area contributed by atoms with Gasteiger partial charge in [-0.1, -0.05) is 0 Å². The lowest BCUT2D eigenvalue weighted by Gasteiger charge is -2.17. The molecule has 0 unspecified atom stereocenters. The summed E-state index contributed by atoms with van der Waals surface area (Å²) in [6, 6.07) is 10.9. The molecule has 0 aliphatic heterocycles. The summed E-state index contributed by atoms with van der Waals surface area (Å²) in [4.78, 5) is 25.7. The number of hydrogen-bond donors (Lipinski definition) is 1. The number of halogens is 1. The molecule has 7 heteroatoms. The normalized spacial score (nSPS) is 10.2. The first-order valence-corrected chi connectivity index (χ1v) is 8.42. The SMILES string of the molecule is COc1cc(CCC(=O)N(C)CC(=O)Nc2ccc(F)cc2)cc(OC)c1. The van der Waals surface area contributed by atoms with E-state index in [2.05, 4.69) is 5.32 Å². The predicted octanol–water partition coefficient (Wildman–Crippen LogP) is 2.87. The van der Waals surface area contributed by atoms with Crippen LogP contribution in [0.1, 0.15) is 12.0 Å². The van der Waals surface area contributed by atoms with Crippen LogP contribution in [0.5, 0.6) is 11.5 Å². The Morgan fingerprint density at radius 2 is 1.63 bits per heavy atom. The van der Waals surface area contributed by atoms with Gasteiger partial charge in [-0.25, -0.2) is 4.39 Å². The highest BCUT2D eigenvalue weighted by molar-refractivity contribution is 5.94. The highest BCUT2D eigenvalue weighted by Gasteiger charge is 2.14. The van der Waals surface area contributed by atoms with Crippen LogP contribution in [-0.4, -0.2) is 44.5 Å². The van der Waals surface area contributed by atoms with Crippen molar-refractivity contribution in [2.75, 3.05) is 33.1 Å². The van der Waals surface area contributed by atoms with E-state index in [1.807, 2.05) is 12.1 Å². The standard InChI is InChI=1S/C20H23FN2O4/c1-23(13-19(24)22-16-7-5-15(21)6-8-16)20(25)9-4-14-10-17(26-2)12-18(11-14)27-3/h5-8,10-12H,4,9,13H2,1-3H3,(H,22,24). The second-order valence-electron chi connectivity index (χ2n) is 6.03. The molecule has 0 aromatic heterocycles. The molecule has 27 heavy (non-hydrogen) atoms. The van der Waals surface area contributed by atoms with E-state index in [0.717, 1.165) is 5.56 Å². The van der Waals surface area contributed by atoms with E-state index in [-0.39, 0.29) is 30.6 Å². The summed E-state index contributed by atoms with van der Waals surface area (Å²) < 4.78 is 23.3. The minimum Gasteiger partial charge on any atom is -0.497 e. The van der Waals surface area contributed by atoms with Crippen molar-refractivity contribution in [3.63, 3.8) is 0 Å². The molecule has 2 aromatic rings. The molecule has 0 atom stereocenters. The fourth-order valence-corrected chi connectivity index (χ4v) is 2.49. The number of hydrogen-bond acceptors (Lipinski definition) is 4. The summed E-state index contributed by atoms with van der Waals surface area (Å²) in [5.41, 5.74) is 1.38. The molecule has 0 aliphatic rings. The first kappa shape index (κ1) is 20.2. The van der Waals surface area contributed by atoms with Gasteiger partial charge in [0.15, 0.2) is 0 Å². The number of benzene rings is 2. The number of amides is 2. The maximum absolute atomic E-state index is 12.9. The molecule has 144 valence electrons. The molecule has 0 aliphatic carbocycles. The van der Waals surface area contributed by atoms with Crippen molar-refractivity contribution in [2.45, 2.75) is 12.8 Å². The van der Waals surface area contributed by atoms with E-state index >= 15 is 0 Å². The molecule has 6 nitrogen and oxygen atoms in total. The summed E-state index contributed by atoms with van der Waals surface area (Å²) in [6.45, 7) is -0.0857. The Balaban J connectivity index is 1.86. The van der Waals surface area contributed by atoms with Gasteiger partial charge in [0.1, 0.15) is 17.3 Å². The number of anilines is 1. The smallest absolute Gasteiger partial charge is 0.243 e. The molecule has 0 radical (unpaired) electrons. The zero-order valence-corrected chi connectivity index (χ0v) is 15.6. The molecule has 0 spiro atoms.